The van der Waals surface area contributed by atoms with Crippen LogP contribution in [-0.4, -0.2) is 34.2 Å². The average Bonchev–Trinajstić information content (AvgIpc) is 2.55. The van der Waals surface area contributed by atoms with Crippen LogP contribution in [0.25, 0.3) is 11.4 Å². The Balaban J connectivity index is 1.96. The van der Waals surface area contributed by atoms with E-state index in [1.165, 1.54) is 0 Å². The van der Waals surface area contributed by atoms with Crippen LogP contribution >= 0.6 is 0 Å². The van der Waals surface area contributed by atoms with Crippen LogP contribution < -0.4 is 10.6 Å². The summed E-state index contributed by atoms with van der Waals surface area (Å²) in [6.07, 6.45) is 3.93. The van der Waals surface area contributed by atoms with Crippen LogP contribution in [0, 0.1) is 0 Å². The second-order valence-corrected chi connectivity index (χ2v) is 6.49. The van der Waals surface area contributed by atoms with Crippen molar-refractivity contribution in [1.82, 2.24) is 9.97 Å². The molecule has 1 fully saturated rings. The molecule has 0 atom stereocenters. The maximum atomic E-state index is 9.66. The highest BCUT2D eigenvalue weighted by Gasteiger charge is 2.21. The molecule has 0 radical (unpaired) electrons. The van der Waals surface area contributed by atoms with Crippen molar-refractivity contribution in [3.8, 4) is 17.1 Å². The fourth-order valence-corrected chi connectivity index (χ4v) is 2.98. The van der Waals surface area contributed by atoms with Crippen molar-refractivity contribution < 1.29 is 5.11 Å². The Hall–Kier alpha value is -2.14. The van der Waals surface area contributed by atoms with Crippen LogP contribution in [-0.2, 0) is 0 Å². The van der Waals surface area contributed by atoms with Crippen molar-refractivity contribution in [2.45, 2.75) is 38.6 Å². The molecule has 1 aromatic heterocycles. The lowest BCUT2D eigenvalue weighted by Gasteiger charge is -2.33. The van der Waals surface area contributed by atoms with Gasteiger partial charge in [0, 0.05) is 24.7 Å². The van der Waals surface area contributed by atoms with E-state index in [1.807, 2.05) is 18.3 Å². The highest BCUT2D eigenvalue weighted by atomic mass is 16.3. The van der Waals surface area contributed by atoms with E-state index in [4.69, 9.17) is 10.7 Å². The first-order valence-corrected chi connectivity index (χ1v) is 8.21. The Morgan fingerprint density at radius 1 is 1.26 bits per heavy atom. The third-order valence-electron chi connectivity index (χ3n) is 4.33. The molecule has 1 aliphatic rings. The third-order valence-corrected chi connectivity index (χ3v) is 4.33. The number of hydrogen-bond donors (Lipinski definition) is 2. The van der Waals surface area contributed by atoms with E-state index in [-0.39, 0.29) is 5.75 Å². The number of benzene rings is 1. The predicted octanol–water partition coefficient (Wildman–Crippen LogP) is 2.90. The number of phenols is 1. The first-order valence-electron chi connectivity index (χ1n) is 8.21. The standard InChI is InChI=1S/C18H24N4O/c1-12(2)17-16(22-8-6-14(19)7-9-22)11-20-18(21-17)13-4-3-5-15(23)10-13/h3-5,10-12,14,23H,6-9,19H2,1-2H3. The molecule has 5 nitrogen and oxygen atoms in total. The molecule has 0 spiro atoms. The quantitative estimate of drug-likeness (QED) is 0.911. The molecule has 0 saturated carbocycles. The summed E-state index contributed by atoms with van der Waals surface area (Å²) in [6.45, 7) is 6.20. The van der Waals surface area contributed by atoms with Gasteiger partial charge in [-0.05, 0) is 30.9 Å². The number of phenolic OH excluding ortho intramolecular Hbond substituents is 1. The van der Waals surface area contributed by atoms with Crippen molar-refractivity contribution in [2.75, 3.05) is 18.0 Å². The topological polar surface area (TPSA) is 75.3 Å². The van der Waals surface area contributed by atoms with Crippen LogP contribution in [0.4, 0.5) is 5.69 Å². The first kappa shape index (κ1) is 15.7. The SMILES string of the molecule is CC(C)c1nc(-c2cccc(O)c2)ncc1N1CCC(N)CC1. The van der Waals surface area contributed by atoms with E-state index in [9.17, 15) is 5.11 Å². The molecule has 0 bridgehead atoms. The van der Waals surface area contributed by atoms with E-state index < -0.39 is 0 Å². The number of aromatic nitrogens is 2. The predicted molar refractivity (Wildman–Crippen MR) is 92.6 cm³/mol. The van der Waals surface area contributed by atoms with Crippen LogP contribution in [0.3, 0.4) is 0 Å². The van der Waals surface area contributed by atoms with E-state index in [0.29, 0.717) is 17.8 Å². The number of aromatic hydroxyl groups is 1. The second-order valence-electron chi connectivity index (χ2n) is 6.49. The fraction of sp³-hybridized carbons (Fsp3) is 0.444. The molecule has 1 aromatic carbocycles. The van der Waals surface area contributed by atoms with Crippen molar-refractivity contribution in [3.63, 3.8) is 0 Å². The van der Waals surface area contributed by atoms with Gasteiger partial charge in [0.2, 0.25) is 0 Å². The Bertz CT molecular complexity index is 678. The maximum absolute atomic E-state index is 9.66. The van der Waals surface area contributed by atoms with Crippen LogP contribution in [0.2, 0.25) is 0 Å². The lowest BCUT2D eigenvalue weighted by Crippen LogP contribution is -2.40. The molecule has 2 aromatic rings. The van der Waals surface area contributed by atoms with E-state index in [0.717, 1.165) is 42.9 Å². The Kier molecular flexibility index (Phi) is 4.48. The van der Waals surface area contributed by atoms with Gasteiger partial charge in [0.05, 0.1) is 17.6 Å². The van der Waals surface area contributed by atoms with E-state index in [2.05, 4.69) is 23.7 Å². The molecule has 2 heterocycles. The molecule has 1 aliphatic heterocycles. The Morgan fingerprint density at radius 3 is 2.65 bits per heavy atom. The Morgan fingerprint density at radius 2 is 2.00 bits per heavy atom. The van der Waals surface area contributed by atoms with Crippen LogP contribution in [0.15, 0.2) is 30.5 Å². The van der Waals surface area contributed by atoms with Gasteiger partial charge >= 0.3 is 0 Å². The van der Waals surface area contributed by atoms with Crippen LogP contribution in [0.5, 0.6) is 5.75 Å². The summed E-state index contributed by atoms with van der Waals surface area (Å²) in [4.78, 5) is 11.7. The summed E-state index contributed by atoms with van der Waals surface area (Å²) in [5.74, 6) is 1.19. The van der Waals surface area contributed by atoms with Crippen molar-refractivity contribution >= 4 is 5.69 Å². The largest absolute Gasteiger partial charge is 0.508 e. The summed E-state index contributed by atoms with van der Waals surface area (Å²) in [7, 11) is 0. The zero-order valence-electron chi connectivity index (χ0n) is 13.7. The summed E-state index contributed by atoms with van der Waals surface area (Å²) >= 11 is 0. The Labute approximate surface area is 137 Å². The summed E-state index contributed by atoms with van der Waals surface area (Å²) in [5, 5.41) is 9.66. The van der Waals surface area contributed by atoms with Crippen LogP contribution in [0.1, 0.15) is 38.3 Å². The maximum Gasteiger partial charge on any atom is 0.159 e. The average molecular weight is 312 g/mol. The number of nitrogens with two attached hydrogens (primary N) is 1. The summed E-state index contributed by atoms with van der Waals surface area (Å²) in [6, 6.07) is 7.38. The molecule has 3 N–H and O–H groups in total. The van der Waals surface area contributed by atoms with Gasteiger partial charge in [-0.15, -0.1) is 0 Å². The highest BCUT2D eigenvalue weighted by molar-refractivity contribution is 5.61. The molecule has 3 rings (SSSR count). The van der Waals surface area contributed by atoms with Gasteiger partial charge < -0.3 is 15.7 Å². The van der Waals surface area contributed by atoms with Gasteiger partial charge in [-0.25, -0.2) is 9.97 Å². The zero-order chi connectivity index (χ0) is 16.4. The summed E-state index contributed by atoms with van der Waals surface area (Å²) < 4.78 is 0. The molecule has 23 heavy (non-hydrogen) atoms. The van der Waals surface area contributed by atoms with Gasteiger partial charge in [-0.1, -0.05) is 26.0 Å². The minimum Gasteiger partial charge on any atom is -0.508 e. The molecular weight excluding hydrogens is 288 g/mol. The van der Waals surface area contributed by atoms with Gasteiger partial charge in [0.15, 0.2) is 5.82 Å². The lowest BCUT2D eigenvalue weighted by atomic mass is 10.0. The summed E-state index contributed by atoms with van der Waals surface area (Å²) in [5.41, 5.74) is 9.00. The van der Waals surface area contributed by atoms with E-state index >= 15 is 0 Å². The zero-order valence-corrected chi connectivity index (χ0v) is 13.7. The second kappa shape index (κ2) is 6.54. The van der Waals surface area contributed by atoms with E-state index in [1.54, 1.807) is 12.1 Å². The van der Waals surface area contributed by atoms with Gasteiger partial charge in [-0.3, -0.25) is 0 Å². The number of piperidine rings is 1. The monoisotopic (exact) mass is 312 g/mol. The number of nitrogens with zero attached hydrogens (tertiary/aromatic N) is 3. The van der Waals surface area contributed by atoms with Gasteiger partial charge in [-0.2, -0.15) is 0 Å². The fourth-order valence-electron chi connectivity index (χ4n) is 2.98. The number of anilines is 1. The lowest BCUT2D eigenvalue weighted by molar-refractivity contribution is 0.475. The molecule has 1 saturated heterocycles. The van der Waals surface area contributed by atoms with Gasteiger partial charge in [0.25, 0.3) is 0 Å². The van der Waals surface area contributed by atoms with Crippen molar-refractivity contribution in [2.24, 2.45) is 5.73 Å². The minimum atomic E-state index is 0.228. The van der Waals surface area contributed by atoms with Gasteiger partial charge in [0.1, 0.15) is 5.75 Å². The number of rotatable bonds is 3. The molecule has 122 valence electrons. The normalized spacial score (nSPS) is 16.1. The number of hydrogen-bond acceptors (Lipinski definition) is 5. The smallest absolute Gasteiger partial charge is 0.159 e. The molecule has 0 aliphatic carbocycles. The molecular formula is C18H24N4O. The van der Waals surface area contributed by atoms with Crippen molar-refractivity contribution in [3.05, 3.63) is 36.2 Å². The van der Waals surface area contributed by atoms with Crippen molar-refractivity contribution in [1.29, 1.82) is 0 Å². The first-order chi connectivity index (χ1) is 11.0. The minimum absolute atomic E-state index is 0.228. The highest BCUT2D eigenvalue weighted by Crippen LogP contribution is 2.30. The molecule has 0 amide bonds. The molecule has 5 heteroatoms. The molecule has 0 unspecified atom stereocenters. The third kappa shape index (κ3) is 3.45.